The molecule has 1 aliphatic carbocycles. The summed E-state index contributed by atoms with van der Waals surface area (Å²) >= 11 is 0. The Labute approximate surface area is 84.5 Å². The number of carboxylic acids is 3. The molecule has 7 heteroatoms. The van der Waals surface area contributed by atoms with Gasteiger partial charge in [-0.05, 0) is 6.42 Å². The van der Waals surface area contributed by atoms with Gasteiger partial charge in [0.25, 0.3) is 0 Å². The molecule has 0 radical (unpaired) electrons. The highest BCUT2D eigenvalue weighted by Gasteiger charge is 2.59. The minimum absolute atomic E-state index is 0.227. The molecule has 84 valence electrons. The smallest absolute Gasteiger partial charge is 0.324 e. The predicted octanol–water partition coefficient (Wildman–Crippen LogP) is -1.04. The molecular weight excluding hydrogens is 206 g/mol. The molecule has 1 fully saturated rings. The molecule has 0 heterocycles. The van der Waals surface area contributed by atoms with Gasteiger partial charge in [-0.2, -0.15) is 0 Å². The zero-order valence-electron chi connectivity index (χ0n) is 7.71. The van der Waals surface area contributed by atoms with Crippen molar-refractivity contribution in [1.29, 1.82) is 0 Å². The number of nitrogens with two attached hydrogens (primary N) is 1. The fraction of sp³-hybridized carbons (Fsp3) is 0.625. The van der Waals surface area contributed by atoms with Crippen molar-refractivity contribution in [3.63, 3.8) is 0 Å². The lowest BCUT2D eigenvalue weighted by Gasteiger charge is -2.47. The maximum atomic E-state index is 10.8. The van der Waals surface area contributed by atoms with Gasteiger partial charge in [0.2, 0.25) is 0 Å². The number of hydrogen-bond donors (Lipinski definition) is 4. The maximum absolute atomic E-state index is 10.8. The van der Waals surface area contributed by atoms with Gasteiger partial charge in [0.15, 0.2) is 0 Å². The van der Waals surface area contributed by atoms with Gasteiger partial charge in [-0.25, -0.2) is 0 Å². The van der Waals surface area contributed by atoms with Crippen LogP contribution in [0, 0.1) is 11.8 Å². The van der Waals surface area contributed by atoms with Gasteiger partial charge in [0, 0.05) is 5.92 Å². The summed E-state index contributed by atoms with van der Waals surface area (Å²) < 4.78 is 0. The van der Waals surface area contributed by atoms with E-state index in [1.165, 1.54) is 0 Å². The van der Waals surface area contributed by atoms with Crippen molar-refractivity contribution in [2.75, 3.05) is 0 Å². The molecule has 0 bridgehead atoms. The summed E-state index contributed by atoms with van der Waals surface area (Å²) in [7, 11) is 0. The van der Waals surface area contributed by atoms with E-state index in [2.05, 4.69) is 0 Å². The van der Waals surface area contributed by atoms with Crippen molar-refractivity contribution in [2.24, 2.45) is 17.6 Å². The fourth-order valence-electron chi connectivity index (χ4n) is 1.87. The van der Waals surface area contributed by atoms with Crippen LogP contribution in [0.4, 0.5) is 0 Å². The third kappa shape index (κ3) is 1.78. The van der Waals surface area contributed by atoms with E-state index in [1.807, 2.05) is 0 Å². The highest BCUT2D eigenvalue weighted by atomic mass is 16.4. The molecule has 0 spiro atoms. The maximum Gasteiger partial charge on any atom is 0.324 e. The van der Waals surface area contributed by atoms with Crippen molar-refractivity contribution in [3.05, 3.63) is 0 Å². The van der Waals surface area contributed by atoms with E-state index >= 15 is 0 Å². The third-order valence-corrected chi connectivity index (χ3v) is 2.81. The van der Waals surface area contributed by atoms with Crippen LogP contribution in [0.2, 0.25) is 0 Å². The summed E-state index contributed by atoms with van der Waals surface area (Å²) in [6, 6.07) is 0. The average Bonchev–Trinajstić information content (AvgIpc) is 2.09. The molecule has 5 N–H and O–H groups in total. The monoisotopic (exact) mass is 217 g/mol. The third-order valence-electron chi connectivity index (χ3n) is 2.81. The molecule has 0 aromatic carbocycles. The van der Waals surface area contributed by atoms with E-state index in [4.69, 9.17) is 21.1 Å². The molecule has 7 nitrogen and oxygen atoms in total. The molecular formula is C8H11NO6. The van der Waals surface area contributed by atoms with Crippen LogP contribution in [0.1, 0.15) is 12.8 Å². The standard InChI is InChI=1S/C8H11NO6/c9-8(7(14)15)2-3(6(12)13)4(8)1-5(10)11/h3-4H,1-2,9H2,(H,10,11)(H,12,13)(H,14,15)/t3-,4+,8-/m0/s1. The number of carboxylic acid groups (broad SMARTS) is 3. The van der Waals surface area contributed by atoms with Crippen LogP contribution >= 0.6 is 0 Å². The Morgan fingerprint density at radius 2 is 1.80 bits per heavy atom. The molecule has 0 amide bonds. The molecule has 0 aromatic heterocycles. The summed E-state index contributed by atoms with van der Waals surface area (Å²) in [5, 5.41) is 26.0. The van der Waals surface area contributed by atoms with Gasteiger partial charge >= 0.3 is 17.9 Å². The van der Waals surface area contributed by atoms with Crippen LogP contribution in [0.25, 0.3) is 0 Å². The Morgan fingerprint density at radius 3 is 2.13 bits per heavy atom. The number of rotatable bonds is 4. The minimum atomic E-state index is -1.72. The van der Waals surface area contributed by atoms with E-state index < -0.39 is 41.7 Å². The van der Waals surface area contributed by atoms with Gasteiger partial charge in [-0.3, -0.25) is 14.4 Å². The van der Waals surface area contributed by atoms with Crippen LogP contribution in [-0.4, -0.2) is 38.8 Å². The first-order valence-corrected chi connectivity index (χ1v) is 4.26. The Bertz CT molecular complexity index is 327. The van der Waals surface area contributed by atoms with Gasteiger partial charge in [0.05, 0.1) is 12.3 Å². The summed E-state index contributed by atoms with van der Waals surface area (Å²) in [6.45, 7) is 0. The number of aliphatic carboxylic acids is 3. The first-order valence-electron chi connectivity index (χ1n) is 4.26. The lowest BCUT2D eigenvalue weighted by molar-refractivity contribution is -0.167. The number of carbonyl (C=O) groups is 3. The van der Waals surface area contributed by atoms with Gasteiger partial charge < -0.3 is 21.1 Å². The van der Waals surface area contributed by atoms with E-state index in [1.54, 1.807) is 0 Å². The van der Waals surface area contributed by atoms with E-state index in [-0.39, 0.29) is 6.42 Å². The molecule has 0 saturated heterocycles. The topological polar surface area (TPSA) is 138 Å². The van der Waals surface area contributed by atoms with Crippen LogP contribution in [-0.2, 0) is 14.4 Å². The minimum Gasteiger partial charge on any atom is -0.481 e. The zero-order valence-corrected chi connectivity index (χ0v) is 7.71. The molecule has 3 atom stereocenters. The van der Waals surface area contributed by atoms with Gasteiger partial charge in [-0.15, -0.1) is 0 Å². The largest absolute Gasteiger partial charge is 0.481 e. The molecule has 0 aliphatic heterocycles. The molecule has 1 rings (SSSR count). The van der Waals surface area contributed by atoms with Crippen molar-refractivity contribution in [3.8, 4) is 0 Å². The molecule has 15 heavy (non-hydrogen) atoms. The number of hydrogen-bond acceptors (Lipinski definition) is 4. The first-order chi connectivity index (χ1) is 6.79. The summed E-state index contributed by atoms with van der Waals surface area (Å²) in [5.74, 6) is -5.84. The SMILES string of the molecule is N[C@@]1(C(=O)O)C[C@H](C(=O)O)[C@H]1CC(=O)O. The fourth-order valence-corrected chi connectivity index (χ4v) is 1.87. The van der Waals surface area contributed by atoms with Crippen molar-refractivity contribution >= 4 is 17.9 Å². The molecule has 0 unspecified atom stereocenters. The lowest BCUT2D eigenvalue weighted by atomic mass is 9.58. The summed E-state index contributed by atoms with van der Waals surface area (Å²) in [5.41, 5.74) is 3.72. The Hall–Kier alpha value is -1.63. The first kappa shape index (κ1) is 11.4. The van der Waals surface area contributed by atoms with Crippen LogP contribution in [0.15, 0.2) is 0 Å². The Balaban J connectivity index is 2.84. The average molecular weight is 217 g/mol. The van der Waals surface area contributed by atoms with E-state index in [0.717, 1.165) is 0 Å². The van der Waals surface area contributed by atoms with E-state index in [0.29, 0.717) is 0 Å². The van der Waals surface area contributed by atoms with Crippen molar-refractivity contribution in [2.45, 2.75) is 18.4 Å². The molecule has 1 aliphatic rings. The van der Waals surface area contributed by atoms with Crippen molar-refractivity contribution in [1.82, 2.24) is 0 Å². The molecule has 1 saturated carbocycles. The van der Waals surface area contributed by atoms with Crippen LogP contribution in [0.5, 0.6) is 0 Å². The van der Waals surface area contributed by atoms with Crippen molar-refractivity contribution < 1.29 is 29.7 Å². The summed E-state index contributed by atoms with van der Waals surface area (Å²) in [6.07, 6.45) is -0.768. The van der Waals surface area contributed by atoms with Crippen LogP contribution in [0.3, 0.4) is 0 Å². The quantitative estimate of drug-likeness (QED) is 0.472. The lowest BCUT2D eigenvalue weighted by Crippen LogP contribution is -2.67. The Morgan fingerprint density at radius 1 is 1.27 bits per heavy atom. The Kier molecular flexibility index (Phi) is 2.67. The predicted molar refractivity (Wildman–Crippen MR) is 46.0 cm³/mol. The second kappa shape index (κ2) is 3.50. The van der Waals surface area contributed by atoms with Gasteiger partial charge in [-0.1, -0.05) is 0 Å². The summed E-state index contributed by atoms with van der Waals surface area (Å²) in [4.78, 5) is 31.8. The van der Waals surface area contributed by atoms with Gasteiger partial charge in [0.1, 0.15) is 5.54 Å². The van der Waals surface area contributed by atoms with E-state index in [9.17, 15) is 14.4 Å². The van der Waals surface area contributed by atoms with Crippen LogP contribution < -0.4 is 5.73 Å². The second-order valence-electron chi connectivity index (χ2n) is 3.70. The normalized spacial score (nSPS) is 34.2. The zero-order chi connectivity index (χ0) is 11.8. The highest BCUT2D eigenvalue weighted by Crippen LogP contribution is 2.44. The molecule has 0 aromatic rings. The highest BCUT2D eigenvalue weighted by molar-refractivity contribution is 5.86. The second-order valence-corrected chi connectivity index (χ2v) is 3.70.